The molecule has 30 heavy (non-hydrogen) atoms. The molecular weight excluding hydrogens is 419 g/mol. The zero-order valence-corrected chi connectivity index (χ0v) is 16.2. The number of hydrogen-bond acceptors (Lipinski definition) is 6. The smallest absolute Gasteiger partial charge is 0.375 e. The van der Waals surface area contributed by atoms with Crippen LogP contribution in [0.4, 0.5) is 15.8 Å². The van der Waals surface area contributed by atoms with Crippen LogP contribution in [-0.4, -0.2) is 22.9 Å². The summed E-state index contributed by atoms with van der Waals surface area (Å²) in [6.07, 6.45) is -1.19. The molecule has 1 N–H and O–H groups in total. The molecule has 0 aliphatic rings. The molecule has 3 aromatic rings. The minimum Gasteiger partial charge on any atom is -0.449 e. The molecule has 0 saturated heterocycles. The summed E-state index contributed by atoms with van der Waals surface area (Å²) < 4.78 is 23.6. The lowest BCUT2D eigenvalue weighted by Gasteiger charge is -2.13. The second kappa shape index (κ2) is 8.75. The van der Waals surface area contributed by atoms with Gasteiger partial charge in [0.15, 0.2) is 6.10 Å². The van der Waals surface area contributed by atoms with Crippen LogP contribution in [0.15, 0.2) is 59.0 Å². The van der Waals surface area contributed by atoms with Crippen molar-refractivity contribution >= 4 is 34.9 Å². The van der Waals surface area contributed by atoms with Crippen molar-refractivity contribution in [3.63, 3.8) is 0 Å². The molecule has 1 heterocycles. The molecule has 1 atom stereocenters. The first kappa shape index (κ1) is 21.0. The maximum Gasteiger partial charge on any atom is 0.375 e. The van der Waals surface area contributed by atoms with Crippen molar-refractivity contribution in [3.05, 3.63) is 81.3 Å². The Labute approximate surface area is 174 Å². The van der Waals surface area contributed by atoms with Gasteiger partial charge in [0.05, 0.1) is 15.6 Å². The second-order valence-electron chi connectivity index (χ2n) is 6.13. The van der Waals surface area contributed by atoms with E-state index in [1.165, 1.54) is 49.4 Å². The van der Waals surface area contributed by atoms with Crippen LogP contribution in [-0.2, 0) is 9.53 Å². The Morgan fingerprint density at radius 3 is 2.50 bits per heavy atom. The normalized spacial score (nSPS) is 11.6. The zero-order chi connectivity index (χ0) is 21.8. The fourth-order valence-corrected chi connectivity index (χ4v) is 2.66. The SMILES string of the molecule is C[C@@H](OC(=O)c1ccc(-c2ccc([N+](=O)[O-])cc2)o1)C(=O)Nc1ccc(F)cc1Cl. The van der Waals surface area contributed by atoms with Crippen LogP contribution in [0, 0.1) is 15.9 Å². The number of ether oxygens (including phenoxy) is 1. The number of anilines is 1. The van der Waals surface area contributed by atoms with Gasteiger partial charge < -0.3 is 14.5 Å². The number of nitrogens with zero attached hydrogens (tertiary/aromatic N) is 1. The third-order valence-electron chi connectivity index (χ3n) is 4.01. The number of hydrogen-bond donors (Lipinski definition) is 1. The van der Waals surface area contributed by atoms with Crippen LogP contribution in [0.25, 0.3) is 11.3 Å². The number of amides is 1. The van der Waals surface area contributed by atoms with Crippen LogP contribution in [0.3, 0.4) is 0 Å². The molecule has 0 fully saturated rings. The summed E-state index contributed by atoms with van der Waals surface area (Å²) in [6.45, 7) is 1.35. The van der Waals surface area contributed by atoms with E-state index in [0.29, 0.717) is 11.3 Å². The van der Waals surface area contributed by atoms with Crippen LogP contribution in [0.1, 0.15) is 17.5 Å². The fourth-order valence-electron chi connectivity index (χ4n) is 2.45. The molecule has 1 amide bonds. The summed E-state index contributed by atoms with van der Waals surface area (Å²) >= 11 is 5.85. The lowest BCUT2D eigenvalue weighted by molar-refractivity contribution is -0.384. The minimum atomic E-state index is -1.19. The van der Waals surface area contributed by atoms with Crippen molar-refractivity contribution in [3.8, 4) is 11.3 Å². The summed E-state index contributed by atoms with van der Waals surface area (Å²) in [4.78, 5) is 34.6. The highest BCUT2D eigenvalue weighted by Crippen LogP contribution is 2.25. The van der Waals surface area contributed by atoms with E-state index in [-0.39, 0.29) is 22.2 Å². The summed E-state index contributed by atoms with van der Waals surface area (Å²) in [5.74, 6) is -1.95. The number of non-ortho nitro benzene ring substituents is 1. The van der Waals surface area contributed by atoms with E-state index in [1.807, 2.05) is 0 Å². The monoisotopic (exact) mass is 432 g/mol. The van der Waals surface area contributed by atoms with Gasteiger partial charge in [0, 0.05) is 17.7 Å². The van der Waals surface area contributed by atoms with Crippen molar-refractivity contribution in [1.82, 2.24) is 0 Å². The fraction of sp³-hybridized carbons (Fsp3) is 0.100. The lowest BCUT2D eigenvalue weighted by Crippen LogP contribution is -2.30. The van der Waals surface area contributed by atoms with Gasteiger partial charge in [-0.25, -0.2) is 9.18 Å². The van der Waals surface area contributed by atoms with Gasteiger partial charge in [0.25, 0.3) is 11.6 Å². The molecule has 0 saturated carbocycles. The van der Waals surface area contributed by atoms with Gasteiger partial charge in [0.1, 0.15) is 11.6 Å². The maximum absolute atomic E-state index is 13.1. The van der Waals surface area contributed by atoms with Gasteiger partial charge in [0.2, 0.25) is 5.76 Å². The van der Waals surface area contributed by atoms with E-state index >= 15 is 0 Å². The number of furan rings is 1. The lowest BCUT2D eigenvalue weighted by atomic mass is 10.1. The molecule has 3 rings (SSSR count). The van der Waals surface area contributed by atoms with Crippen molar-refractivity contribution in [1.29, 1.82) is 0 Å². The third kappa shape index (κ3) is 4.81. The molecule has 0 unspecified atom stereocenters. The maximum atomic E-state index is 13.1. The molecule has 2 aromatic carbocycles. The van der Waals surface area contributed by atoms with E-state index in [4.69, 9.17) is 20.8 Å². The minimum absolute atomic E-state index is 0.000603. The average molecular weight is 433 g/mol. The molecule has 154 valence electrons. The highest BCUT2D eigenvalue weighted by atomic mass is 35.5. The van der Waals surface area contributed by atoms with Crippen LogP contribution in [0.5, 0.6) is 0 Å². The Balaban J connectivity index is 1.64. The van der Waals surface area contributed by atoms with Gasteiger partial charge in [-0.3, -0.25) is 14.9 Å². The molecule has 0 aliphatic carbocycles. The number of nitro benzene ring substituents is 1. The second-order valence-corrected chi connectivity index (χ2v) is 6.54. The Morgan fingerprint density at radius 1 is 1.17 bits per heavy atom. The molecule has 1 aromatic heterocycles. The molecular formula is C20H14ClFN2O6. The Kier molecular flexibility index (Phi) is 6.12. The van der Waals surface area contributed by atoms with Gasteiger partial charge in [-0.2, -0.15) is 0 Å². The summed E-state index contributed by atoms with van der Waals surface area (Å²) in [7, 11) is 0. The van der Waals surface area contributed by atoms with E-state index < -0.39 is 28.7 Å². The first-order chi connectivity index (χ1) is 14.2. The first-order valence-electron chi connectivity index (χ1n) is 8.56. The van der Waals surface area contributed by atoms with E-state index in [0.717, 1.165) is 12.1 Å². The Hall–Kier alpha value is -3.72. The van der Waals surface area contributed by atoms with Crippen molar-refractivity contribution in [2.45, 2.75) is 13.0 Å². The summed E-state index contributed by atoms with van der Waals surface area (Å²) in [6, 6.07) is 11.9. The van der Waals surface area contributed by atoms with E-state index in [2.05, 4.69) is 5.32 Å². The van der Waals surface area contributed by atoms with Crippen LogP contribution < -0.4 is 5.32 Å². The highest BCUT2D eigenvalue weighted by Gasteiger charge is 2.22. The molecule has 0 aliphatic heterocycles. The first-order valence-corrected chi connectivity index (χ1v) is 8.94. The Morgan fingerprint density at radius 2 is 1.87 bits per heavy atom. The highest BCUT2D eigenvalue weighted by molar-refractivity contribution is 6.33. The zero-order valence-electron chi connectivity index (χ0n) is 15.4. The third-order valence-corrected chi connectivity index (χ3v) is 4.32. The van der Waals surface area contributed by atoms with Crippen molar-refractivity contribution < 1.29 is 28.1 Å². The van der Waals surface area contributed by atoms with Gasteiger partial charge in [-0.1, -0.05) is 11.6 Å². The van der Waals surface area contributed by atoms with E-state index in [1.54, 1.807) is 0 Å². The Bertz CT molecular complexity index is 1110. The number of rotatable bonds is 6. The molecule has 0 radical (unpaired) electrons. The van der Waals surface area contributed by atoms with Crippen molar-refractivity contribution in [2.24, 2.45) is 0 Å². The van der Waals surface area contributed by atoms with Gasteiger partial charge in [-0.15, -0.1) is 0 Å². The van der Waals surface area contributed by atoms with Crippen LogP contribution in [0.2, 0.25) is 5.02 Å². The number of benzene rings is 2. The van der Waals surface area contributed by atoms with Crippen LogP contribution >= 0.6 is 11.6 Å². The number of nitrogens with one attached hydrogen (secondary N) is 1. The van der Waals surface area contributed by atoms with Crippen molar-refractivity contribution in [2.75, 3.05) is 5.32 Å². The quantitative estimate of drug-likeness (QED) is 0.339. The average Bonchev–Trinajstić information content (AvgIpc) is 3.20. The van der Waals surface area contributed by atoms with Gasteiger partial charge >= 0.3 is 5.97 Å². The summed E-state index contributed by atoms with van der Waals surface area (Å²) in [5, 5.41) is 13.2. The molecule has 0 bridgehead atoms. The number of esters is 1. The molecule has 10 heteroatoms. The molecule has 8 nitrogen and oxygen atoms in total. The largest absolute Gasteiger partial charge is 0.449 e. The number of nitro groups is 1. The number of carbonyl (C=O) groups excluding carboxylic acids is 2. The standard InChI is InChI=1S/C20H14ClFN2O6/c1-11(19(25)23-16-7-4-13(22)10-15(16)21)29-20(26)18-9-8-17(30-18)12-2-5-14(6-3-12)24(27)28/h2-11H,1H3,(H,23,25)/t11-/m1/s1. The molecule has 0 spiro atoms. The van der Waals surface area contributed by atoms with E-state index in [9.17, 15) is 24.1 Å². The number of halogens is 2. The number of carbonyl (C=O) groups is 2. The predicted molar refractivity (Wildman–Crippen MR) is 106 cm³/mol. The summed E-state index contributed by atoms with van der Waals surface area (Å²) in [5.41, 5.74) is 0.617. The van der Waals surface area contributed by atoms with Gasteiger partial charge in [-0.05, 0) is 49.4 Å². The predicted octanol–water partition coefficient (Wildman–Crippen LogP) is 4.83. The topological polar surface area (TPSA) is 112 Å².